The van der Waals surface area contributed by atoms with E-state index < -0.39 is 0 Å². The Labute approximate surface area is 102 Å². The molecule has 1 aromatic rings. The van der Waals surface area contributed by atoms with Crippen LogP contribution in [0.15, 0.2) is 5.38 Å². The third kappa shape index (κ3) is 1.53. The number of likely N-dealkylation sites (N-methyl/N-ethyl adjacent to an activating group) is 1. The number of carbonyl (C=O) groups excluding carboxylic acids is 2. The molecule has 90 valence electrons. The fraction of sp³-hybridized carbons (Fsp3) is 0.600. The quantitative estimate of drug-likeness (QED) is 0.704. The van der Waals surface area contributed by atoms with E-state index in [1.165, 1.54) is 11.5 Å². The van der Waals surface area contributed by atoms with Crippen molar-refractivity contribution in [1.29, 1.82) is 0 Å². The molecular formula is C10H12N4O2S. The number of aromatic nitrogens is 2. The standard InChI is InChI=1S/C10H12N4O2S/c1-13-7-2-3-14(8(7)4-9(13)15)10(16)6-5-17-12-11-6/h5,7-8H,2-4H2,1H3/t7-,8-/m1/s1. The lowest BCUT2D eigenvalue weighted by molar-refractivity contribution is -0.127. The molecule has 0 bridgehead atoms. The number of hydrogen-bond donors (Lipinski definition) is 0. The Bertz CT molecular complexity index is 461. The van der Waals surface area contributed by atoms with Gasteiger partial charge in [0.05, 0.1) is 12.1 Å². The molecular weight excluding hydrogens is 240 g/mol. The van der Waals surface area contributed by atoms with Crippen LogP contribution in [0, 0.1) is 0 Å². The fourth-order valence-electron chi connectivity index (χ4n) is 2.70. The van der Waals surface area contributed by atoms with Gasteiger partial charge in [0.2, 0.25) is 5.91 Å². The Balaban J connectivity index is 1.83. The molecule has 0 aliphatic carbocycles. The molecule has 2 atom stereocenters. The predicted molar refractivity (Wildman–Crippen MR) is 60.5 cm³/mol. The van der Waals surface area contributed by atoms with Crippen LogP contribution < -0.4 is 0 Å². The van der Waals surface area contributed by atoms with E-state index in [9.17, 15) is 9.59 Å². The predicted octanol–water partition coefficient (Wildman–Crippen LogP) is -0.0167. The summed E-state index contributed by atoms with van der Waals surface area (Å²) in [4.78, 5) is 27.3. The van der Waals surface area contributed by atoms with E-state index in [4.69, 9.17) is 0 Å². The molecule has 2 aliphatic rings. The van der Waals surface area contributed by atoms with E-state index in [0.29, 0.717) is 18.7 Å². The van der Waals surface area contributed by atoms with Crippen molar-refractivity contribution in [2.75, 3.05) is 13.6 Å². The highest BCUT2D eigenvalue weighted by Crippen LogP contribution is 2.32. The van der Waals surface area contributed by atoms with Crippen LogP contribution in [0.25, 0.3) is 0 Å². The van der Waals surface area contributed by atoms with Crippen molar-refractivity contribution >= 4 is 23.3 Å². The van der Waals surface area contributed by atoms with Crippen LogP contribution in [-0.2, 0) is 4.79 Å². The van der Waals surface area contributed by atoms with Crippen LogP contribution in [-0.4, -0.2) is 56.9 Å². The van der Waals surface area contributed by atoms with Gasteiger partial charge in [-0.25, -0.2) is 0 Å². The van der Waals surface area contributed by atoms with E-state index in [0.717, 1.165) is 6.42 Å². The van der Waals surface area contributed by atoms with Gasteiger partial charge in [0, 0.05) is 25.4 Å². The van der Waals surface area contributed by atoms with Gasteiger partial charge in [-0.2, -0.15) is 0 Å². The molecule has 2 amide bonds. The number of nitrogens with zero attached hydrogens (tertiary/aromatic N) is 4. The van der Waals surface area contributed by atoms with Crippen LogP contribution in [0.5, 0.6) is 0 Å². The van der Waals surface area contributed by atoms with E-state index in [1.54, 1.807) is 15.2 Å². The summed E-state index contributed by atoms with van der Waals surface area (Å²) in [5.41, 5.74) is 0.387. The zero-order valence-corrected chi connectivity index (χ0v) is 10.2. The van der Waals surface area contributed by atoms with Gasteiger partial charge >= 0.3 is 0 Å². The second kappa shape index (κ2) is 3.76. The highest BCUT2D eigenvalue weighted by Gasteiger charge is 2.47. The van der Waals surface area contributed by atoms with E-state index >= 15 is 0 Å². The molecule has 17 heavy (non-hydrogen) atoms. The second-order valence-electron chi connectivity index (χ2n) is 4.42. The van der Waals surface area contributed by atoms with Gasteiger partial charge in [0.15, 0.2) is 5.69 Å². The van der Waals surface area contributed by atoms with Crippen LogP contribution in [0.1, 0.15) is 23.3 Å². The normalized spacial score (nSPS) is 27.7. The first-order valence-electron chi connectivity index (χ1n) is 5.52. The third-order valence-corrected chi connectivity index (χ3v) is 4.13. The Hall–Kier alpha value is -1.50. The largest absolute Gasteiger partial charge is 0.341 e. The maximum atomic E-state index is 12.2. The van der Waals surface area contributed by atoms with E-state index in [1.807, 2.05) is 7.05 Å². The van der Waals surface area contributed by atoms with Gasteiger partial charge in [-0.3, -0.25) is 9.59 Å². The average molecular weight is 252 g/mol. The van der Waals surface area contributed by atoms with E-state index in [2.05, 4.69) is 9.59 Å². The first-order valence-corrected chi connectivity index (χ1v) is 6.36. The lowest BCUT2D eigenvalue weighted by atomic mass is 10.1. The minimum absolute atomic E-state index is 0.0155. The first-order chi connectivity index (χ1) is 8.18. The Morgan fingerprint density at radius 1 is 1.53 bits per heavy atom. The molecule has 0 aromatic carbocycles. The monoisotopic (exact) mass is 252 g/mol. The molecule has 3 heterocycles. The number of carbonyl (C=O) groups is 2. The molecule has 0 saturated carbocycles. The molecule has 0 N–H and O–H groups in total. The van der Waals surface area contributed by atoms with Crippen molar-refractivity contribution in [1.82, 2.24) is 19.4 Å². The average Bonchev–Trinajstić information content (AvgIpc) is 2.99. The SMILES string of the molecule is CN1C(=O)C[C@@H]2[C@H]1CCN2C(=O)c1csnn1. The van der Waals surface area contributed by atoms with Gasteiger partial charge in [0.25, 0.3) is 5.91 Å². The molecule has 2 saturated heterocycles. The number of hydrogen-bond acceptors (Lipinski definition) is 5. The smallest absolute Gasteiger partial charge is 0.275 e. The molecule has 0 radical (unpaired) electrons. The summed E-state index contributed by atoms with van der Waals surface area (Å²) in [7, 11) is 1.81. The Kier molecular flexibility index (Phi) is 2.36. The van der Waals surface area contributed by atoms with Crippen molar-refractivity contribution in [3.05, 3.63) is 11.1 Å². The highest BCUT2D eigenvalue weighted by molar-refractivity contribution is 7.03. The number of fused-ring (bicyclic) bond motifs is 1. The summed E-state index contributed by atoms with van der Waals surface area (Å²) in [5.74, 6) is 0.0169. The molecule has 2 aliphatic heterocycles. The maximum Gasteiger partial charge on any atom is 0.275 e. The lowest BCUT2D eigenvalue weighted by Gasteiger charge is -2.22. The van der Waals surface area contributed by atoms with Crippen molar-refractivity contribution in [3.63, 3.8) is 0 Å². The van der Waals surface area contributed by atoms with Crippen molar-refractivity contribution in [3.8, 4) is 0 Å². The van der Waals surface area contributed by atoms with Crippen LogP contribution in [0.3, 0.4) is 0 Å². The van der Waals surface area contributed by atoms with Gasteiger partial charge < -0.3 is 9.80 Å². The molecule has 7 heteroatoms. The topological polar surface area (TPSA) is 66.4 Å². The maximum absolute atomic E-state index is 12.2. The molecule has 3 rings (SSSR count). The van der Waals surface area contributed by atoms with Crippen LogP contribution in [0.2, 0.25) is 0 Å². The summed E-state index contributed by atoms with van der Waals surface area (Å²) in [5, 5.41) is 5.44. The highest BCUT2D eigenvalue weighted by atomic mass is 32.1. The van der Waals surface area contributed by atoms with Gasteiger partial charge in [0.1, 0.15) is 0 Å². The van der Waals surface area contributed by atoms with Gasteiger partial charge in [-0.05, 0) is 18.0 Å². The van der Waals surface area contributed by atoms with Crippen molar-refractivity contribution in [2.24, 2.45) is 0 Å². The van der Waals surface area contributed by atoms with Crippen molar-refractivity contribution < 1.29 is 9.59 Å². The number of rotatable bonds is 1. The zero-order chi connectivity index (χ0) is 12.0. The molecule has 1 aromatic heterocycles. The summed E-state index contributed by atoms with van der Waals surface area (Å²) >= 11 is 1.17. The lowest BCUT2D eigenvalue weighted by Crippen LogP contribution is -2.39. The second-order valence-corrected chi connectivity index (χ2v) is 5.03. The van der Waals surface area contributed by atoms with Crippen LogP contribution in [0.4, 0.5) is 0 Å². The number of amides is 2. The third-order valence-electron chi connectivity index (χ3n) is 3.62. The summed E-state index contributed by atoms with van der Waals surface area (Å²) in [6.45, 7) is 0.698. The Morgan fingerprint density at radius 2 is 2.35 bits per heavy atom. The Morgan fingerprint density at radius 3 is 3.06 bits per heavy atom. The molecule has 0 spiro atoms. The summed E-state index contributed by atoms with van der Waals surface area (Å²) in [6, 6.07) is 0.194. The molecule has 0 unspecified atom stereocenters. The van der Waals surface area contributed by atoms with Crippen LogP contribution >= 0.6 is 11.5 Å². The summed E-state index contributed by atoms with van der Waals surface area (Å²) in [6.07, 6.45) is 1.29. The number of likely N-dealkylation sites (tertiary alicyclic amines) is 2. The fourth-order valence-corrected chi connectivity index (χ4v) is 3.13. The first kappa shape index (κ1) is 10.6. The minimum atomic E-state index is -0.102. The summed E-state index contributed by atoms with van der Waals surface area (Å²) < 4.78 is 3.70. The van der Waals surface area contributed by atoms with Gasteiger partial charge in [-0.1, -0.05) is 4.49 Å². The molecule has 6 nitrogen and oxygen atoms in total. The van der Waals surface area contributed by atoms with Crippen molar-refractivity contribution in [2.45, 2.75) is 24.9 Å². The van der Waals surface area contributed by atoms with E-state index in [-0.39, 0.29) is 23.9 Å². The minimum Gasteiger partial charge on any atom is -0.341 e. The molecule has 2 fully saturated rings. The zero-order valence-electron chi connectivity index (χ0n) is 9.37. The van der Waals surface area contributed by atoms with Gasteiger partial charge in [-0.15, -0.1) is 5.10 Å².